The molecule has 0 atom stereocenters. The van der Waals surface area contributed by atoms with E-state index in [-0.39, 0.29) is 21.4 Å². The SMILES string of the molecule is O=C(Cl)c1cccnc1Cl.O=C(O)c1cccnc1Cl. The third kappa shape index (κ3) is 4.77. The zero-order valence-corrected chi connectivity index (χ0v) is 12.0. The van der Waals surface area contributed by atoms with Crippen molar-refractivity contribution < 1.29 is 14.7 Å². The molecular formula is C12H7Cl3N2O3. The summed E-state index contributed by atoms with van der Waals surface area (Å²) in [6.07, 6.45) is 2.93. The van der Waals surface area contributed by atoms with Gasteiger partial charge in [-0.3, -0.25) is 4.79 Å². The Morgan fingerprint density at radius 2 is 1.40 bits per heavy atom. The second-order valence-corrected chi connectivity index (χ2v) is 4.32. The van der Waals surface area contributed by atoms with Crippen molar-refractivity contribution in [1.82, 2.24) is 9.97 Å². The number of hydrogen-bond donors (Lipinski definition) is 1. The number of hydrogen-bond acceptors (Lipinski definition) is 4. The number of carboxylic acid groups (broad SMARTS) is 1. The molecule has 2 rings (SSSR count). The van der Waals surface area contributed by atoms with E-state index in [2.05, 4.69) is 9.97 Å². The number of halogens is 3. The van der Waals surface area contributed by atoms with Gasteiger partial charge in [0.2, 0.25) is 0 Å². The average molecular weight is 334 g/mol. The molecule has 0 aliphatic carbocycles. The minimum absolute atomic E-state index is 0.0231. The molecule has 0 aromatic carbocycles. The highest BCUT2D eigenvalue weighted by molar-refractivity contribution is 6.68. The van der Waals surface area contributed by atoms with E-state index >= 15 is 0 Å². The molecule has 5 nitrogen and oxygen atoms in total. The molecule has 0 bridgehead atoms. The minimum Gasteiger partial charge on any atom is -0.478 e. The second-order valence-electron chi connectivity index (χ2n) is 3.26. The van der Waals surface area contributed by atoms with Gasteiger partial charge in [-0.15, -0.1) is 0 Å². The predicted octanol–water partition coefficient (Wildman–Crippen LogP) is 3.55. The summed E-state index contributed by atoms with van der Waals surface area (Å²) in [4.78, 5) is 28.0. The van der Waals surface area contributed by atoms with Crippen LogP contribution in [-0.4, -0.2) is 26.3 Å². The van der Waals surface area contributed by atoms with Crippen molar-refractivity contribution >= 4 is 46.0 Å². The van der Waals surface area contributed by atoms with E-state index in [0.29, 0.717) is 0 Å². The summed E-state index contributed by atoms with van der Waals surface area (Å²) in [5, 5.41) is 8.02. The first kappa shape index (κ1) is 16.4. The molecule has 2 aromatic heterocycles. The Kier molecular flexibility index (Phi) is 6.38. The van der Waals surface area contributed by atoms with Crippen LogP contribution >= 0.6 is 34.8 Å². The number of pyridine rings is 2. The van der Waals surface area contributed by atoms with Crippen LogP contribution < -0.4 is 0 Å². The van der Waals surface area contributed by atoms with Crippen LogP contribution in [0.3, 0.4) is 0 Å². The van der Waals surface area contributed by atoms with Crippen LogP contribution in [-0.2, 0) is 0 Å². The summed E-state index contributed by atoms with van der Waals surface area (Å²) in [6.45, 7) is 0. The molecule has 0 spiro atoms. The van der Waals surface area contributed by atoms with Crippen molar-refractivity contribution in [1.29, 1.82) is 0 Å². The van der Waals surface area contributed by atoms with Crippen LogP contribution in [0.5, 0.6) is 0 Å². The van der Waals surface area contributed by atoms with Gasteiger partial charge in [0.15, 0.2) is 0 Å². The summed E-state index contributed by atoms with van der Waals surface area (Å²) < 4.78 is 0. The lowest BCUT2D eigenvalue weighted by Gasteiger charge is -1.93. The van der Waals surface area contributed by atoms with E-state index in [1.54, 1.807) is 6.07 Å². The van der Waals surface area contributed by atoms with E-state index in [0.717, 1.165) is 0 Å². The average Bonchev–Trinajstić information content (AvgIpc) is 2.40. The number of aromatic carboxylic acids is 1. The lowest BCUT2D eigenvalue weighted by Crippen LogP contribution is -1.97. The highest BCUT2D eigenvalue weighted by atomic mass is 35.5. The number of carboxylic acids is 1. The van der Waals surface area contributed by atoms with Crippen LogP contribution in [0.1, 0.15) is 20.7 Å². The molecule has 2 aromatic rings. The minimum atomic E-state index is -1.06. The Labute approximate surface area is 129 Å². The Morgan fingerprint density at radius 3 is 1.65 bits per heavy atom. The van der Waals surface area contributed by atoms with Gasteiger partial charge in [-0.2, -0.15) is 0 Å². The highest BCUT2D eigenvalue weighted by Gasteiger charge is 2.06. The Bertz CT molecular complexity index is 579. The largest absolute Gasteiger partial charge is 0.478 e. The van der Waals surface area contributed by atoms with Gasteiger partial charge in [-0.25, -0.2) is 14.8 Å². The fraction of sp³-hybridized carbons (Fsp3) is 0. The normalized spacial score (nSPS) is 9.35. The molecule has 0 fully saturated rings. The van der Waals surface area contributed by atoms with E-state index in [1.165, 1.54) is 30.6 Å². The molecule has 2 heterocycles. The summed E-state index contributed by atoms with van der Waals surface area (Å²) in [6, 6.07) is 6.04. The van der Waals surface area contributed by atoms with Gasteiger partial charge in [0, 0.05) is 12.4 Å². The second kappa shape index (κ2) is 7.79. The van der Waals surface area contributed by atoms with Gasteiger partial charge < -0.3 is 5.11 Å². The topological polar surface area (TPSA) is 80.2 Å². The lowest BCUT2D eigenvalue weighted by atomic mass is 10.3. The number of carbonyl (C=O) groups excluding carboxylic acids is 1. The molecule has 0 amide bonds. The third-order valence-corrected chi connectivity index (χ3v) is 2.77. The van der Waals surface area contributed by atoms with Crippen LogP contribution in [0.2, 0.25) is 10.3 Å². The Hall–Kier alpha value is -1.69. The van der Waals surface area contributed by atoms with Crippen molar-refractivity contribution in [3.63, 3.8) is 0 Å². The molecule has 20 heavy (non-hydrogen) atoms. The Balaban J connectivity index is 0.000000200. The summed E-state index contributed by atoms with van der Waals surface area (Å²) in [5.74, 6) is -1.06. The molecule has 1 N–H and O–H groups in total. The first-order valence-corrected chi connectivity index (χ1v) is 6.21. The molecule has 0 saturated carbocycles. The molecule has 0 aliphatic rings. The van der Waals surface area contributed by atoms with Gasteiger partial charge in [-0.1, -0.05) is 23.2 Å². The van der Waals surface area contributed by atoms with Gasteiger partial charge in [0.05, 0.1) is 11.1 Å². The Morgan fingerprint density at radius 1 is 0.950 bits per heavy atom. The zero-order chi connectivity index (χ0) is 15.1. The van der Waals surface area contributed by atoms with Gasteiger partial charge in [0.1, 0.15) is 10.3 Å². The van der Waals surface area contributed by atoms with Gasteiger partial charge in [0.25, 0.3) is 5.24 Å². The van der Waals surface area contributed by atoms with Crippen molar-refractivity contribution in [2.24, 2.45) is 0 Å². The van der Waals surface area contributed by atoms with Crippen molar-refractivity contribution in [3.05, 3.63) is 58.1 Å². The first-order chi connectivity index (χ1) is 9.43. The van der Waals surface area contributed by atoms with Crippen LogP contribution in [0.25, 0.3) is 0 Å². The van der Waals surface area contributed by atoms with Gasteiger partial charge >= 0.3 is 5.97 Å². The fourth-order valence-electron chi connectivity index (χ4n) is 1.08. The number of nitrogens with zero attached hydrogens (tertiary/aromatic N) is 2. The maximum atomic E-state index is 10.5. The third-order valence-electron chi connectivity index (χ3n) is 1.96. The standard InChI is InChI=1S/C6H3Cl2NO.C6H4ClNO2/c7-5-4(6(8)10)2-1-3-9-5;7-5-4(6(9)10)2-1-3-8-5/h1-3H;1-3H,(H,9,10). The smallest absolute Gasteiger partial charge is 0.338 e. The number of rotatable bonds is 2. The summed E-state index contributed by atoms with van der Waals surface area (Å²) in [7, 11) is 0. The highest BCUT2D eigenvalue weighted by Crippen LogP contribution is 2.13. The number of carbonyl (C=O) groups is 2. The molecule has 0 radical (unpaired) electrons. The predicted molar refractivity (Wildman–Crippen MR) is 75.6 cm³/mol. The van der Waals surface area contributed by atoms with E-state index in [4.69, 9.17) is 39.9 Å². The molecule has 8 heteroatoms. The quantitative estimate of drug-likeness (QED) is 0.671. The van der Waals surface area contributed by atoms with Crippen molar-refractivity contribution in [2.75, 3.05) is 0 Å². The molecule has 0 unspecified atom stereocenters. The van der Waals surface area contributed by atoms with E-state index in [1.807, 2.05) is 0 Å². The van der Waals surface area contributed by atoms with E-state index < -0.39 is 11.2 Å². The molecule has 0 saturated heterocycles. The van der Waals surface area contributed by atoms with Crippen LogP contribution in [0.15, 0.2) is 36.7 Å². The molecular weight excluding hydrogens is 327 g/mol. The zero-order valence-electron chi connectivity index (χ0n) is 9.76. The first-order valence-electron chi connectivity index (χ1n) is 5.07. The van der Waals surface area contributed by atoms with Crippen molar-refractivity contribution in [3.8, 4) is 0 Å². The maximum Gasteiger partial charge on any atom is 0.338 e. The van der Waals surface area contributed by atoms with Gasteiger partial charge in [-0.05, 0) is 35.9 Å². The molecule has 104 valence electrons. The van der Waals surface area contributed by atoms with Crippen molar-refractivity contribution in [2.45, 2.75) is 0 Å². The van der Waals surface area contributed by atoms with Crippen LogP contribution in [0, 0.1) is 0 Å². The lowest BCUT2D eigenvalue weighted by molar-refractivity contribution is 0.0696. The maximum absolute atomic E-state index is 10.5. The van der Waals surface area contributed by atoms with Crippen LogP contribution in [0.4, 0.5) is 0 Å². The summed E-state index contributed by atoms with van der Waals surface area (Å²) in [5.41, 5.74) is 0.273. The summed E-state index contributed by atoms with van der Waals surface area (Å²) >= 11 is 16.1. The fourth-order valence-corrected chi connectivity index (χ4v) is 1.68. The molecule has 0 aliphatic heterocycles. The number of aromatic nitrogens is 2. The monoisotopic (exact) mass is 332 g/mol. The van der Waals surface area contributed by atoms with E-state index in [9.17, 15) is 9.59 Å².